The van der Waals surface area contributed by atoms with Crippen LogP contribution in [0.25, 0.3) is 5.69 Å². The van der Waals surface area contributed by atoms with E-state index in [9.17, 15) is 9.18 Å². The topological polar surface area (TPSA) is 55.1 Å². The molecule has 4 nitrogen and oxygen atoms in total. The maximum Gasteiger partial charge on any atom is 0.313 e. The number of carboxylic acids is 1. The van der Waals surface area contributed by atoms with Crippen LogP contribution in [0, 0.1) is 12.7 Å². The lowest BCUT2D eigenvalue weighted by Gasteiger charge is -2.14. The maximum absolute atomic E-state index is 14.1. The number of hydrogen-bond donors (Lipinski definition) is 1. The second-order valence-electron chi connectivity index (χ2n) is 4.31. The van der Waals surface area contributed by atoms with Gasteiger partial charge in [-0.3, -0.25) is 9.36 Å². The molecule has 0 spiro atoms. The standard InChI is InChI=1S/C14H15FN2O2S/c1-3-10-7-16-14(20-8-12(18)19)17(10)13-9(2)5-4-6-11(13)15/h4-7H,3,8H2,1-2H3,(H,18,19). The molecule has 0 aliphatic rings. The Hall–Kier alpha value is -1.82. The lowest BCUT2D eigenvalue weighted by Crippen LogP contribution is -2.07. The van der Waals surface area contributed by atoms with Crippen LogP contribution in [0.2, 0.25) is 0 Å². The molecule has 1 N–H and O–H groups in total. The maximum atomic E-state index is 14.1. The van der Waals surface area contributed by atoms with Crippen molar-refractivity contribution in [1.82, 2.24) is 9.55 Å². The predicted octanol–water partition coefficient (Wildman–Crippen LogP) is 3.06. The first-order valence-corrected chi connectivity index (χ1v) is 7.19. The molecule has 0 bridgehead atoms. The van der Waals surface area contributed by atoms with E-state index in [0.29, 0.717) is 17.3 Å². The first kappa shape index (κ1) is 14.6. The number of halogens is 1. The predicted molar refractivity (Wildman–Crippen MR) is 76.0 cm³/mol. The first-order chi connectivity index (χ1) is 9.54. The average molecular weight is 294 g/mol. The SMILES string of the molecule is CCc1cnc(SCC(=O)O)n1-c1c(C)cccc1F. The summed E-state index contributed by atoms with van der Waals surface area (Å²) in [6.07, 6.45) is 2.35. The fraction of sp³-hybridized carbons (Fsp3) is 0.286. The number of carbonyl (C=O) groups is 1. The van der Waals surface area contributed by atoms with Crippen LogP contribution >= 0.6 is 11.8 Å². The molecule has 1 heterocycles. The van der Waals surface area contributed by atoms with Crippen LogP contribution in [0.4, 0.5) is 4.39 Å². The summed E-state index contributed by atoms with van der Waals surface area (Å²) >= 11 is 1.09. The molecule has 0 amide bonds. The zero-order valence-corrected chi connectivity index (χ0v) is 12.1. The van der Waals surface area contributed by atoms with Crippen molar-refractivity contribution >= 4 is 17.7 Å². The van der Waals surface area contributed by atoms with E-state index in [1.165, 1.54) is 6.07 Å². The van der Waals surface area contributed by atoms with Gasteiger partial charge in [0.2, 0.25) is 0 Å². The van der Waals surface area contributed by atoms with Crippen LogP contribution in [0.1, 0.15) is 18.2 Å². The number of thioether (sulfide) groups is 1. The summed E-state index contributed by atoms with van der Waals surface area (Å²) < 4.78 is 15.8. The Labute approximate surface area is 120 Å². The van der Waals surface area contributed by atoms with Gasteiger partial charge < -0.3 is 5.11 Å². The lowest BCUT2D eigenvalue weighted by molar-refractivity contribution is -0.133. The molecule has 2 rings (SSSR count). The Balaban J connectivity index is 2.53. The van der Waals surface area contributed by atoms with Crippen LogP contribution in [0.15, 0.2) is 29.6 Å². The van der Waals surface area contributed by atoms with E-state index in [1.54, 1.807) is 16.8 Å². The molecule has 2 aromatic rings. The number of para-hydroxylation sites is 1. The Morgan fingerprint density at radius 1 is 1.50 bits per heavy atom. The summed E-state index contributed by atoms with van der Waals surface area (Å²) in [5.41, 5.74) is 2.08. The molecular formula is C14H15FN2O2S. The van der Waals surface area contributed by atoms with Gasteiger partial charge >= 0.3 is 5.97 Å². The number of rotatable bonds is 5. The van der Waals surface area contributed by atoms with Crippen molar-refractivity contribution in [3.05, 3.63) is 41.5 Å². The molecule has 6 heteroatoms. The minimum absolute atomic E-state index is 0.104. The van der Waals surface area contributed by atoms with Gasteiger partial charge in [-0.25, -0.2) is 9.37 Å². The summed E-state index contributed by atoms with van der Waals surface area (Å²) in [5.74, 6) is -1.36. The number of nitrogens with zero attached hydrogens (tertiary/aromatic N) is 2. The van der Waals surface area contributed by atoms with Crippen molar-refractivity contribution < 1.29 is 14.3 Å². The number of hydrogen-bond acceptors (Lipinski definition) is 3. The molecule has 1 aromatic heterocycles. The molecule has 106 valence electrons. The van der Waals surface area contributed by atoms with Crippen LogP contribution in [0.3, 0.4) is 0 Å². The lowest BCUT2D eigenvalue weighted by atomic mass is 10.2. The molecule has 0 saturated carbocycles. The van der Waals surface area contributed by atoms with Gasteiger partial charge in [-0.2, -0.15) is 0 Å². The Bertz CT molecular complexity index is 620. The van der Waals surface area contributed by atoms with Gasteiger partial charge in [0.15, 0.2) is 5.16 Å². The summed E-state index contributed by atoms with van der Waals surface area (Å²) in [5, 5.41) is 9.28. The number of imidazole rings is 1. The van der Waals surface area contributed by atoms with Gasteiger partial charge in [-0.1, -0.05) is 30.8 Å². The van der Waals surface area contributed by atoms with Crippen LogP contribution in [-0.4, -0.2) is 26.4 Å². The third-order valence-corrected chi connectivity index (χ3v) is 3.84. The molecule has 0 fully saturated rings. The van der Waals surface area contributed by atoms with E-state index in [-0.39, 0.29) is 11.6 Å². The summed E-state index contributed by atoms with van der Waals surface area (Å²) in [7, 11) is 0. The van der Waals surface area contributed by atoms with E-state index in [2.05, 4.69) is 4.98 Å². The van der Waals surface area contributed by atoms with Gasteiger partial charge in [0.1, 0.15) is 5.82 Å². The highest BCUT2D eigenvalue weighted by molar-refractivity contribution is 7.99. The molecule has 0 saturated heterocycles. The summed E-state index contributed by atoms with van der Waals surface area (Å²) in [6, 6.07) is 4.87. The normalized spacial score (nSPS) is 10.8. The second-order valence-corrected chi connectivity index (χ2v) is 5.25. The monoisotopic (exact) mass is 294 g/mol. The van der Waals surface area contributed by atoms with Crippen LogP contribution in [-0.2, 0) is 11.2 Å². The highest BCUT2D eigenvalue weighted by Gasteiger charge is 2.17. The van der Waals surface area contributed by atoms with E-state index in [1.807, 2.05) is 19.9 Å². The molecule has 0 unspecified atom stereocenters. The van der Waals surface area contributed by atoms with Gasteiger partial charge in [0, 0.05) is 11.9 Å². The van der Waals surface area contributed by atoms with Crippen molar-refractivity contribution in [2.45, 2.75) is 25.4 Å². The zero-order chi connectivity index (χ0) is 14.7. The fourth-order valence-electron chi connectivity index (χ4n) is 1.99. The second kappa shape index (κ2) is 6.09. The Morgan fingerprint density at radius 3 is 2.85 bits per heavy atom. The van der Waals surface area contributed by atoms with Crippen molar-refractivity contribution in [2.75, 3.05) is 5.75 Å². The molecule has 0 aliphatic heterocycles. The Kier molecular flexibility index (Phi) is 4.44. The molecule has 20 heavy (non-hydrogen) atoms. The number of carboxylic acid groups (broad SMARTS) is 1. The molecule has 0 radical (unpaired) electrons. The van der Waals surface area contributed by atoms with Gasteiger partial charge in [0.05, 0.1) is 11.4 Å². The quantitative estimate of drug-likeness (QED) is 0.861. The minimum Gasteiger partial charge on any atom is -0.481 e. The van der Waals surface area contributed by atoms with Gasteiger partial charge in [-0.15, -0.1) is 0 Å². The third-order valence-electron chi connectivity index (χ3n) is 2.90. The van der Waals surface area contributed by atoms with Crippen LogP contribution in [0.5, 0.6) is 0 Å². The fourth-order valence-corrected chi connectivity index (χ4v) is 2.71. The highest BCUT2D eigenvalue weighted by Crippen LogP contribution is 2.27. The number of aromatic nitrogens is 2. The number of benzene rings is 1. The first-order valence-electron chi connectivity index (χ1n) is 6.21. The summed E-state index contributed by atoms with van der Waals surface area (Å²) in [6.45, 7) is 3.78. The van der Waals surface area contributed by atoms with Crippen molar-refractivity contribution in [3.63, 3.8) is 0 Å². The molecular weight excluding hydrogens is 279 g/mol. The van der Waals surface area contributed by atoms with Crippen molar-refractivity contribution in [2.24, 2.45) is 0 Å². The number of aryl methyl sites for hydroxylation is 2. The Morgan fingerprint density at radius 2 is 2.25 bits per heavy atom. The van der Waals surface area contributed by atoms with E-state index < -0.39 is 5.97 Å². The molecule has 1 aromatic carbocycles. The minimum atomic E-state index is -0.923. The third kappa shape index (κ3) is 2.85. The largest absolute Gasteiger partial charge is 0.481 e. The summed E-state index contributed by atoms with van der Waals surface area (Å²) in [4.78, 5) is 14.9. The highest BCUT2D eigenvalue weighted by atomic mass is 32.2. The molecule has 0 aliphatic carbocycles. The van der Waals surface area contributed by atoms with E-state index >= 15 is 0 Å². The van der Waals surface area contributed by atoms with Crippen LogP contribution < -0.4 is 0 Å². The van der Waals surface area contributed by atoms with Gasteiger partial charge in [-0.05, 0) is 25.0 Å². The van der Waals surface area contributed by atoms with E-state index in [0.717, 1.165) is 23.0 Å². The zero-order valence-electron chi connectivity index (χ0n) is 11.3. The van der Waals surface area contributed by atoms with Gasteiger partial charge in [0.25, 0.3) is 0 Å². The van der Waals surface area contributed by atoms with Crippen molar-refractivity contribution in [3.8, 4) is 5.69 Å². The van der Waals surface area contributed by atoms with E-state index in [4.69, 9.17) is 5.11 Å². The average Bonchev–Trinajstić information content (AvgIpc) is 2.79. The smallest absolute Gasteiger partial charge is 0.313 e. The molecule has 0 atom stereocenters. The number of aliphatic carboxylic acids is 1. The van der Waals surface area contributed by atoms with Crippen molar-refractivity contribution in [1.29, 1.82) is 0 Å².